The topological polar surface area (TPSA) is 54.5 Å². The summed E-state index contributed by atoms with van der Waals surface area (Å²) in [6, 6.07) is 4.63. The number of nitrogens with one attached hydrogen (secondary N) is 1. The summed E-state index contributed by atoms with van der Waals surface area (Å²) in [5.74, 6) is 1.60. The zero-order chi connectivity index (χ0) is 14.8. The van der Waals surface area contributed by atoms with Gasteiger partial charge >= 0.3 is 6.03 Å². The number of nitrogens with zero attached hydrogens (tertiary/aromatic N) is 2. The van der Waals surface area contributed by atoms with Crippen LogP contribution in [-0.2, 0) is 6.42 Å². The van der Waals surface area contributed by atoms with Gasteiger partial charge in [0.2, 0.25) is 0 Å². The van der Waals surface area contributed by atoms with E-state index >= 15 is 0 Å². The van der Waals surface area contributed by atoms with Crippen LogP contribution in [0.1, 0.15) is 25.3 Å². The Morgan fingerprint density at radius 1 is 1.41 bits per heavy atom. The fourth-order valence-corrected chi connectivity index (χ4v) is 5.12. The molecule has 0 unspecified atom stereocenters. The van der Waals surface area contributed by atoms with Crippen molar-refractivity contribution in [3.8, 4) is 5.75 Å². The summed E-state index contributed by atoms with van der Waals surface area (Å²) in [5, 5.41) is 3.95. The molecule has 3 aliphatic rings. The largest absolute Gasteiger partial charge is 0.493 e. The number of hydrogen-bond acceptors (Lipinski definition) is 4. The molecular formula is C16H17N3O2S. The van der Waals surface area contributed by atoms with E-state index in [0.717, 1.165) is 47.0 Å². The zero-order valence-electron chi connectivity index (χ0n) is 12.3. The highest BCUT2D eigenvalue weighted by molar-refractivity contribution is 7.22. The molecule has 5 nitrogen and oxygen atoms in total. The number of carbonyl (C=O) groups is 1. The quantitative estimate of drug-likeness (QED) is 0.880. The van der Waals surface area contributed by atoms with Crippen molar-refractivity contribution in [2.24, 2.45) is 5.92 Å². The van der Waals surface area contributed by atoms with Gasteiger partial charge in [0.25, 0.3) is 0 Å². The molecule has 0 spiro atoms. The van der Waals surface area contributed by atoms with E-state index in [2.05, 4.69) is 18.3 Å². The smallest absolute Gasteiger partial charge is 0.324 e. The second-order valence-electron chi connectivity index (χ2n) is 6.55. The van der Waals surface area contributed by atoms with E-state index in [9.17, 15) is 4.79 Å². The number of anilines is 1. The Bertz CT molecular complexity index is 787. The van der Waals surface area contributed by atoms with Gasteiger partial charge in [0, 0.05) is 12.0 Å². The SMILES string of the molecule is C[C@@H]1C[C@@H]2NC(=O)N(c3nc4c5c(ccc4s3)OCC5)[C@@H]2C1. The molecule has 2 amide bonds. The third-order valence-corrected chi connectivity index (χ3v) is 6.07. The third kappa shape index (κ3) is 1.64. The van der Waals surface area contributed by atoms with Gasteiger partial charge in [0.05, 0.1) is 28.9 Å². The van der Waals surface area contributed by atoms with Crippen LogP contribution in [0.3, 0.4) is 0 Å². The van der Waals surface area contributed by atoms with Crippen molar-refractivity contribution in [1.82, 2.24) is 10.3 Å². The summed E-state index contributed by atoms with van der Waals surface area (Å²) in [4.78, 5) is 19.1. The van der Waals surface area contributed by atoms with Crippen molar-refractivity contribution in [1.29, 1.82) is 0 Å². The summed E-state index contributed by atoms with van der Waals surface area (Å²) in [7, 11) is 0. The lowest BCUT2D eigenvalue weighted by atomic mass is 10.1. The van der Waals surface area contributed by atoms with Crippen LogP contribution in [-0.4, -0.2) is 29.7 Å². The number of aromatic nitrogens is 1. The minimum Gasteiger partial charge on any atom is -0.493 e. The Morgan fingerprint density at radius 3 is 3.23 bits per heavy atom. The Labute approximate surface area is 132 Å². The van der Waals surface area contributed by atoms with Gasteiger partial charge in [-0.15, -0.1) is 0 Å². The Kier molecular flexibility index (Phi) is 2.51. The van der Waals surface area contributed by atoms with Crippen molar-refractivity contribution >= 4 is 32.7 Å². The van der Waals surface area contributed by atoms with E-state index in [-0.39, 0.29) is 18.1 Å². The third-order valence-electron chi connectivity index (χ3n) is 5.05. The van der Waals surface area contributed by atoms with Crippen molar-refractivity contribution in [2.75, 3.05) is 11.5 Å². The predicted octanol–water partition coefficient (Wildman–Crippen LogP) is 2.93. The maximum Gasteiger partial charge on any atom is 0.324 e. The van der Waals surface area contributed by atoms with Crippen LogP contribution in [0.5, 0.6) is 5.75 Å². The zero-order valence-corrected chi connectivity index (χ0v) is 13.2. The molecule has 0 bridgehead atoms. The van der Waals surface area contributed by atoms with Crippen LogP contribution in [0.15, 0.2) is 12.1 Å². The van der Waals surface area contributed by atoms with E-state index in [1.54, 1.807) is 11.3 Å². The van der Waals surface area contributed by atoms with Gasteiger partial charge in [-0.1, -0.05) is 18.3 Å². The maximum absolute atomic E-state index is 12.4. The summed E-state index contributed by atoms with van der Waals surface area (Å²) >= 11 is 1.61. The van der Waals surface area contributed by atoms with Gasteiger partial charge in [-0.25, -0.2) is 9.78 Å². The number of fused-ring (bicyclic) bond motifs is 4. The van der Waals surface area contributed by atoms with Crippen LogP contribution in [0, 0.1) is 5.92 Å². The lowest BCUT2D eigenvalue weighted by molar-refractivity contribution is 0.249. The number of thiazole rings is 1. The Hall–Kier alpha value is -1.82. The van der Waals surface area contributed by atoms with Crippen molar-refractivity contribution in [3.63, 3.8) is 0 Å². The lowest BCUT2D eigenvalue weighted by Gasteiger charge is -2.19. The first-order valence-corrected chi connectivity index (χ1v) is 8.67. The maximum atomic E-state index is 12.4. The minimum absolute atomic E-state index is 0.00820. The molecule has 3 atom stereocenters. The van der Waals surface area contributed by atoms with E-state index in [4.69, 9.17) is 9.72 Å². The molecule has 2 aliphatic heterocycles. The number of benzene rings is 1. The molecule has 22 heavy (non-hydrogen) atoms. The number of hydrogen-bond donors (Lipinski definition) is 1. The number of urea groups is 1. The molecular weight excluding hydrogens is 298 g/mol. The minimum atomic E-state index is 0.00820. The first-order valence-electron chi connectivity index (χ1n) is 7.85. The van der Waals surface area contributed by atoms with Gasteiger partial charge in [-0.2, -0.15) is 0 Å². The molecule has 1 aromatic heterocycles. The second-order valence-corrected chi connectivity index (χ2v) is 7.56. The first kappa shape index (κ1) is 12.7. The average Bonchev–Trinajstić information content (AvgIpc) is 3.18. The molecule has 3 heterocycles. The Morgan fingerprint density at radius 2 is 2.32 bits per heavy atom. The van der Waals surface area contributed by atoms with E-state index in [1.807, 2.05) is 11.0 Å². The van der Waals surface area contributed by atoms with Crippen molar-refractivity contribution in [2.45, 2.75) is 38.3 Å². The van der Waals surface area contributed by atoms with E-state index in [1.165, 1.54) is 5.56 Å². The van der Waals surface area contributed by atoms with Gasteiger partial charge < -0.3 is 10.1 Å². The summed E-state index contributed by atoms with van der Waals surface area (Å²) in [5.41, 5.74) is 2.20. The second kappa shape index (κ2) is 4.35. The van der Waals surface area contributed by atoms with Gasteiger partial charge in [0.15, 0.2) is 5.13 Å². The Balaban J connectivity index is 1.60. The molecule has 1 aromatic carbocycles. The van der Waals surface area contributed by atoms with Crippen molar-refractivity contribution < 1.29 is 9.53 Å². The van der Waals surface area contributed by atoms with Gasteiger partial charge in [0.1, 0.15) is 5.75 Å². The first-order chi connectivity index (χ1) is 10.7. The molecule has 5 rings (SSSR count). The molecule has 1 aliphatic carbocycles. The van der Waals surface area contributed by atoms with Crippen LogP contribution >= 0.6 is 11.3 Å². The molecule has 1 N–H and O–H groups in total. The summed E-state index contributed by atoms with van der Waals surface area (Å²) in [6.07, 6.45) is 3.03. The van der Waals surface area contributed by atoms with Crippen LogP contribution < -0.4 is 15.0 Å². The van der Waals surface area contributed by atoms with E-state index < -0.39 is 0 Å². The number of amides is 2. The fraction of sp³-hybridized carbons (Fsp3) is 0.500. The molecule has 1 saturated heterocycles. The monoisotopic (exact) mass is 315 g/mol. The normalized spacial score (nSPS) is 29.6. The van der Waals surface area contributed by atoms with Gasteiger partial charge in [-0.3, -0.25) is 4.90 Å². The van der Waals surface area contributed by atoms with E-state index in [0.29, 0.717) is 5.92 Å². The molecule has 6 heteroatoms. The summed E-state index contributed by atoms with van der Waals surface area (Å²) < 4.78 is 6.76. The molecule has 0 radical (unpaired) electrons. The molecule has 2 fully saturated rings. The van der Waals surface area contributed by atoms with Crippen LogP contribution in [0.25, 0.3) is 10.2 Å². The fourth-order valence-electron chi connectivity index (χ4n) is 4.07. The number of carbonyl (C=O) groups excluding carboxylic acids is 1. The molecule has 114 valence electrons. The van der Waals surface area contributed by atoms with Crippen LogP contribution in [0.4, 0.5) is 9.93 Å². The van der Waals surface area contributed by atoms with Gasteiger partial charge in [-0.05, 0) is 30.9 Å². The standard InChI is InChI=1S/C16H17N3O2S/c1-8-6-10-11(7-8)19(15(20)17-10)16-18-14-9-4-5-21-12(9)2-3-13(14)22-16/h2-3,8,10-11H,4-7H2,1H3,(H,17,20)/t8-,10+,11-/m1/s1. The highest BCUT2D eigenvalue weighted by Gasteiger charge is 2.46. The number of rotatable bonds is 1. The number of ether oxygens (including phenoxy) is 1. The highest BCUT2D eigenvalue weighted by Crippen LogP contribution is 2.41. The lowest BCUT2D eigenvalue weighted by Crippen LogP contribution is -2.34. The molecule has 2 aromatic rings. The highest BCUT2D eigenvalue weighted by atomic mass is 32.1. The average molecular weight is 315 g/mol. The summed E-state index contributed by atoms with van der Waals surface area (Å²) in [6.45, 7) is 2.99. The van der Waals surface area contributed by atoms with Crippen molar-refractivity contribution in [3.05, 3.63) is 17.7 Å². The van der Waals surface area contributed by atoms with Crippen LogP contribution in [0.2, 0.25) is 0 Å². The molecule has 1 saturated carbocycles. The predicted molar refractivity (Wildman–Crippen MR) is 85.8 cm³/mol.